The number of amides is 1. The van der Waals surface area contributed by atoms with Gasteiger partial charge in [0.2, 0.25) is 0 Å². The summed E-state index contributed by atoms with van der Waals surface area (Å²) in [6.45, 7) is 0. The average Bonchev–Trinajstić information content (AvgIpc) is 2.42. The molecule has 0 aliphatic heterocycles. The first-order valence-corrected chi connectivity index (χ1v) is 6.11. The van der Waals surface area contributed by atoms with E-state index in [-0.39, 0.29) is 11.6 Å². The van der Waals surface area contributed by atoms with Gasteiger partial charge in [-0.2, -0.15) is 0 Å². The molecule has 4 nitrogen and oxygen atoms in total. The van der Waals surface area contributed by atoms with Gasteiger partial charge in [0.05, 0.1) is 5.69 Å². The number of nitrogens with one attached hydrogen (secondary N) is 1. The molecule has 3 N–H and O–H groups in total. The maximum absolute atomic E-state index is 13.6. The van der Waals surface area contributed by atoms with Crippen LogP contribution in [-0.4, -0.2) is 20.0 Å². The first-order valence-electron chi connectivity index (χ1n) is 6.11. The van der Waals surface area contributed by atoms with E-state index >= 15 is 0 Å². The van der Waals surface area contributed by atoms with Crippen molar-refractivity contribution in [3.63, 3.8) is 0 Å². The number of carbonyl (C=O) groups is 1. The smallest absolute Gasteiger partial charge is 0.255 e. The van der Waals surface area contributed by atoms with E-state index in [4.69, 9.17) is 5.73 Å². The van der Waals surface area contributed by atoms with E-state index in [1.54, 1.807) is 12.1 Å². The van der Waals surface area contributed by atoms with E-state index in [1.165, 1.54) is 18.2 Å². The zero-order valence-corrected chi connectivity index (χ0v) is 11.4. The topological polar surface area (TPSA) is 58.4 Å². The Morgan fingerprint density at radius 1 is 1.15 bits per heavy atom. The fourth-order valence-electron chi connectivity index (χ4n) is 1.74. The first-order chi connectivity index (χ1) is 9.47. The SMILES string of the molecule is CN(C)c1ccc(C(=O)Nc2ccc(N)cc2F)cc1. The summed E-state index contributed by atoms with van der Waals surface area (Å²) in [5.74, 6) is -0.915. The van der Waals surface area contributed by atoms with E-state index in [2.05, 4.69) is 5.32 Å². The molecular weight excluding hydrogens is 257 g/mol. The molecule has 2 aromatic carbocycles. The lowest BCUT2D eigenvalue weighted by molar-refractivity contribution is 0.102. The van der Waals surface area contributed by atoms with Crippen LogP contribution in [0, 0.1) is 5.82 Å². The number of rotatable bonds is 3. The van der Waals surface area contributed by atoms with Gasteiger partial charge in [-0.1, -0.05) is 0 Å². The molecule has 0 spiro atoms. The highest BCUT2D eigenvalue weighted by Gasteiger charge is 2.09. The monoisotopic (exact) mass is 273 g/mol. The predicted molar refractivity (Wildman–Crippen MR) is 79.5 cm³/mol. The van der Waals surface area contributed by atoms with Crippen molar-refractivity contribution in [1.29, 1.82) is 0 Å². The highest BCUT2D eigenvalue weighted by atomic mass is 19.1. The number of hydrogen-bond acceptors (Lipinski definition) is 3. The lowest BCUT2D eigenvalue weighted by Gasteiger charge is -2.12. The fourth-order valence-corrected chi connectivity index (χ4v) is 1.74. The van der Waals surface area contributed by atoms with Gasteiger partial charge in [0.15, 0.2) is 0 Å². The van der Waals surface area contributed by atoms with Crippen molar-refractivity contribution in [1.82, 2.24) is 0 Å². The Kier molecular flexibility index (Phi) is 3.89. The zero-order chi connectivity index (χ0) is 14.7. The van der Waals surface area contributed by atoms with Gasteiger partial charge < -0.3 is 16.0 Å². The second kappa shape index (κ2) is 5.61. The van der Waals surface area contributed by atoms with Crippen molar-refractivity contribution < 1.29 is 9.18 Å². The van der Waals surface area contributed by atoms with E-state index in [9.17, 15) is 9.18 Å². The molecule has 0 radical (unpaired) electrons. The Morgan fingerprint density at radius 2 is 1.80 bits per heavy atom. The summed E-state index contributed by atoms with van der Waals surface area (Å²) in [5.41, 5.74) is 7.34. The Bertz CT molecular complexity index is 624. The van der Waals surface area contributed by atoms with Crippen LogP contribution in [-0.2, 0) is 0 Å². The van der Waals surface area contributed by atoms with Crippen LogP contribution in [0.2, 0.25) is 0 Å². The van der Waals surface area contributed by atoms with Crippen molar-refractivity contribution in [3.8, 4) is 0 Å². The molecule has 0 aliphatic rings. The van der Waals surface area contributed by atoms with Crippen LogP contribution in [0.5, 0.6) is 0 Å². The van der Waals surface area contributed by atoms with Crippen molar-refractivity contribution >= 4 is 23.0 Å². The van der Waals surface area contributed by atoms with Gasteiger partial charge in [-0.15, -0.1) is 0 Å². The number of carbonyl (C=O) groups excluding carboxylic acids is 1. The zero-order valence-electron chi connectivity index (χ0n) is 11.4. The summed E-state index contributed by atoms with van der Waals surface area (Å²) in [6.07, 6.45) is 0. The van der Waals surface area contributed by atoms with Gasteiger partial charge in [0, 0.05) is 31.0 Å². The van der Waals surface area contributed by atoms with Gasteiger partial charge in [0.25, 0.3) is 5.91 Å². The van der Waals surface area contributed by atoms with Crippen molar-refractivity contribution in [3.05, 3.63) is 53.8 Å². The molecule has 0 aromatic heterocycles. The second-order valence-corrected chi connectivity index (χ2v) is 4.63. The number of nitrogens with zero attached hydrogens (tertiary/aromatic N) is 1. The number of halogens is 1. The minimum absolute atomic E-state index is 0.112. The number of hydrogen-bond donors (Lipinski definition) is 2. The van der Waals surface area contributed by atoms with E-state index in [0.717, 1.165) is 5.69 Å². The molecule has 0 unspecified atom stereocenters. The van der Waals surface area contributed by atoms with Gasteiger partial charge in [-0.25, -0.2) is 4.39 Å². The summed E-state index contributed by atoms with van der Waals surface area (Å²) in [4.78, 5) is 13.9. The van der Waals surface area contributed by atoms with Crippen LogP contribution in [0.3, 0.4) is 0 Å². The lowest BCUT2D eigenvalue weighted by atomic mass is 10.2. The van der Waals surface area contributed by atoms with Gasteiger partial charge in [-0.3, -0.25) is 4.79 Å². The summed E-state index contributed by atoms with van der Waals surface area (Å²) >= 11 is 0. The summed E-state index contributed by atoms with van der Waals surface area (Å²) in [5, 5.41) is 2.52. The molecule has 0 aliphatic carbocycles. The molecule has 5 heteroatoms. The summed E-state index contributed by atoms with van der Waals surface area (Å²) in [6, 6.07) is 11.2. The van der Waals surface area contributed by atoms with Gasteiger partial charge >= 0.3 is 0 Å². The normalized spacial score (nSPS) is 10.2. The molecule has 0 saturated carbocycles. The third-order valence-electron chi connectivity index (χ3n) is 2.89. The Balaban J connectivity index is 2.15. The molecule has 0 heterocycles. The Hall–Kier alpha value is -2.56. The van der Waals surface area contributed by atoms with Crippen LogP contribution in [0.4, 0.5) is 21.5 Å². The minimum atomic E-state index is -0.553. The standard InChI is InChI=1S/C15H16FN3O/c1-19(2)12-6-3-10(4-7-12)15(20)18-14-8-5-11(17)9-13(14)16/h3-9H,17H2,1-2H3,(H,18,20). The number of anilines is 3. The van der Waals surface area contributed by atoms with E-state index < -0.39 is 5.82 Å². The molecule has 104 valence electrons. The number of nitrogens with two attached hydrogens (primary N) is 1. The molecule has 0 atom stereocenters. The quantitative estimate of drug-likeness (QED) is 0.845. The van der Waals surface area contributed by atoms with Crippen molar-refractivity contribution in [2.24, 2.45) is 0 Å². The second-order valence-electron chi connectivity index (χ2n) is 4.63. The molecule has 0 saturated heterocycles. The number of nitrogen functional groups attached to an aromatic ring is 1. The molecular formula is C15H16FN3O. The minimum Gasteiger partial charge on any atom is -0.399 e. The lowest BCUT2D eigenvalue weighted by Crippen LogP contribution is -2.14. The third kappa shape index (κ3) is 3.06. The molecule has 20 heavy (non-hydrogen) atoms. The maximum Gasteiger partial charge on any atom is 0.255 e. The number of benzene rings is 2. The van der Waals surface area contributed by atoms with Crippen LogP contribution in [0.1, 0.15) is 10.4 Å². The van der Waals surface area contributed by atoms with E-state index in [1.807, 2.05) is 31.1 Å². The largest absolute Gasteiger partial charge is 0.399 e. The van der Waals surface area contributed by atoms with Gasteiger partial charge in [-0.05, 0) is 42.5 Å². The van der Waals surface area contributed by atoms with Crippen LogP contribution in [0.15, 0.2) is 42.5 Å². The predicted octanol–water partition coefficient (Wildman–Crippen LogP) is 2.73. The molecule has 2 aromatic rings. The summed E-state index contributed by atoms with van der Waals surface area (Å²) < 4.78 is 13.6. The van der Waals surface area contributed by atoms with E-state index in [0.29, 0.717) is 11.3 Å². The van der Waals surface area contributed by atoms with Crippen LogP contribution in [0.25, 0.3) is 0 Å². The third-order valence-corrected chi connectivity index (χ3v) is 2.89. The Labute approximate surface area is 117 Å². The molecule has 2 rings (SSSR count). The average molecular weight is 273 g/mol. The maximum atomic E-state index is 13.6. The van der Waals surface area contributed by atoms with Gasteiger partial charge in [0.1, 0.15) is 5.82 Å². The summed E-state index contributed by atoms with van der Waals surface area (Å²) in [7, 11) is 3.83. The Morgan fingerprint density at radius 3 is 2.35 bits per heavy atom. The van der Waals surface area contributed by atoms with Crippen LogP contribution >= 0.6 is 0 Å². The fraction of sp³-hybridized carbons (Fsp3) is 0.133. The highest BCUT2D eigenvalue weighted by Crippen LogP contribution is 2.18. The first kappa shape index (κ1) is 13.9. The van der Waals surface area contributed by atoms with Crippen molar-refractivity contribution in [2.75, 3.05) is 30.0 Å². The molecule has 1 amide bonds. The molecule has 0 bridgehead atoms. The highest BCUT2D eigenvalue weighted by molar-refractivity contribution is 6.04. The van der Waals surface area contributed by atoms with Crippen LogP contribution < -0.4 is 16.0 Å². The molecule has 0 fully saturated rings. The van der Waals surface area contributed by atoms with Crippen molar-refractivity contribution in [2.45, 2.75) is 0 Å².